The summed E-state index contributed by atoms with van der Waals surface area (Å²) in [7, 11) is 0. The minimum atomic E-state index is 0.000984. The molecule has 0 amide bonds. The van der Waals surface area contributed by atoms with Gasteiger partial charge in [-0.2, -0.15) is 9.97 Å². The minimum Gasteiger partial charge on any atom is -0.471 e. The van der Waals surface area contributed by atoms with E-state index in [1.165, 1.54) is 0 Å². The molecule has 2 aromatic carbocycles. The number of nitrogen functional groups attached to an aromatic ring is 1. The Bertz CT molecular complexity index is 776. The number of nitrogens with zero attached hydrogens (tertiary/aromatic N) is 3. The first-order valence-electron chi connectivity index (χ1n) is 7.71. The maximum atomic E-state index is 11.3. The molecule has 0 atom stereocenters. The maximum absolute atomic E-state index is 11.3. The van der Waals surface area contributed by atoms with Gasteiger partial charge in [-0.3, -0.25) is 0 Å². The lowest BCUT2D eigenvalue weighted by Crippen LogP contribution is -2.07. The van der Waals surface area contributed by atoms with E-state index in [2.05, 4.69) is 20.5 Å². The topological polar surface area (TPSA) is 102 Å². The number of ether oxygens (including phenoxy) is 1. The number of anilines is 2. The van der Waals surface area contributed by atoms with Gasteiger partial charge in [-0.05, 0) is 16.3 Å². The summed E-state index contributed by atoms with van der Waals surface area (Å²) in [5.41, 5.74) is 7.71. The molecule has 0 saturated carbocycles. The molecular formula is C18H17N5O2. The van der Waals surface area contributed by atoms with Gasteiger partial charge in [-0.1, -0.05) is 60.7 Å². The zero-order chi connectivity index (χ0) is 17.5. The summed E-state index contributed by atoms with van der Waals surface area (Å²) in [6.45, 7) is 0.718. The summed E-state index contributed by atoms with van der Waals surface area (Å²) < 4.78 is 5.62. The molecule has 0 spiro atoms. The number of nitroso groups, excluding NO2 is 1. The van der Waals surface area contributed by atoms with Gasteiger partial charge in [-0.15, -0.1) is 4.91 Å². The average molecular weight is 335 g/mol. The summed E-state index contributed by atoms with van der Waals surface area (Å²) >= 11 is 0. The van der Waals surface area contributed by atoms with Crippen molar-refractivity contribution in [1.82, 2.24) is 9.97 Å². The summed E-state index contributed by atoms with van der Waals surface area (Å²) in [6.07, 6.45) is 0. The van der Waals surface area contributed by atoms with Gasteiger partial charge >= 0.3 is 0 Å². The van der Waals surface area contributed by atoms with E-state index in [-0.39, 0.29) is 29.9 Å². The lowest BCUT2D eigenvalue weighted by Gasteiger charge is -2.12. The van der Waals surface area contributed by atoms with Crippen molar-refractivity contribution in [3.8, 4) is 5.88 Å². The Morgan fingerprint density at radius 1 is 0.960 bits per heavy atom. The average Bonchev–Trinajstić information content (AvgIpc) is 2.66. The van der Waals surface area contributed by atoms with E-state index in [4.69, 9.17) is 10.5 Å². The third-order valence-electron chi connectivity index (χ3n) is 3.48. The molecule has 3 N–H and O–H groups in total. The Balaban J connectivity index is 1.78. The van der Waals surface area contributed by atoms with Gasteiger partial charge in [0.2, 0.25) is 11.6 Å². The number of aromatic nitrogens is 2. The molecular weight excluding hydrogens is 318 g/mol. The first kappa shape index (κ1) is 16.4. The zero-order valence-electron chi connectivity index (χ0n) is 13.4. The highest BCUT2D eigenvalue weighted by molar-refractivity contribution is 5.67. The normalized spacial score (nSPS) is 10.2. The first-order valence-corrected chi connectivity index (χ1v) is 7.71. The van der Waals surface area contributed by atoms with E-state index < -0.39 is 0 Å². The van der Waals surface area contributed by atoms with Crippen LogP contribution < -0.4 is 15.8 Å². The Morgan fingerprint density at radius 3 is 2.24 bits per heavy atom. The Hall–Kier alpha value is -3.48. The predicted octanol–water partition coefficient (Wildman–Crippen LogP) is 3.65. The van der Waals surface area contributed by atoms with Crippen LogP contribution in [0.2, 0.25) is 0 Å². The number of hydrogen-bond donors (Lipinski definition) is 2. The molecule has 1 aromatic heterocycles. The van der Waals surface area contributed by atoms with E-state index in [0.717, 1.165) is 11.1 Å². The van der Waals surface area contributed by atoms with Gasteiger partial charge in [0.25, 0.3) is 5.88 Å². The van der Waals surface area contributed by atoms with Gasteiger partial charge in [0, 0.05) is 6.54 Å². The van der Waals surface area contributed by atoms with Crippen molar-refractivity contribution in [2.24, 2.45) is 5.18 Å². The summed E-state index contributed by atoms with van der Waals surface area (Å²) in [5, 5.41) is 6.07. The SMILES string of the molecule is Nc1nc(NCc2ccccc2)c(N=O)c(OCc2ccccc2)n1. The highest BCUT2D eigenvalue weighted by Crippen LogP contribution is 2.33. The molecule has 1 heterocycles. The van der Waals surface area contributed by atoms with Crippen LogP contribution in [0.15, 0.2) is 65.8 Å². The van der Waals surface area contributed by atoms with Crippen LogP contribution in [0.25, 0.3) is 0 Å². The smallest absolute Gasteiger partial charge is 0.251 e. The molecule has 0 fully saturated rings. The second-order valence-electron chi connectivity index (χ2n) is 5.29. The van der Waals surface area contributed by atoms with Crippen LogP contribution in [0.1, 0.15) is 11.1 Å². The van der Waals surface area contributed by atoms with E-state index in [1.54, 1.807) is 0 Å². The van der Waals surface area contributed by atoms with Crippen molar-refractivity contribution in [2.45, 2.75) is 13.2 Å². The van der Waals surface area contributed by atoms with Gasteiger partial charge in [-0.25, -0.2) is 0 Å². The van der Waals surface area contributed by atoms with Crippen molar-refractivity contribution in [3.63, 3.8) is 0 Å². The number of nitrogens with two attached hydrogens (primary N) is 1. The zero-order valence-corrected chi connectivity index (χ0v) is 13.4. The molecule has 7 nitrogen and oxygen atoms in total. The molecule has 25 heavy (non-hydrogen) atoms. The highest BCUT2D eigenvalue weighted by atomic mass is 16.5. The van der Waals surface area contributed by atoms with Crippen molar-refractivity contribution in [1.29, 1.82) is 0 Å². The third kappa shape index (κ3) is 4.29. The third-order valence-corrected chi connectivity index (χ3v) is 3.48. The Morgan fingerprint density at radius 2 is 1.60 bits per heavy atom. The van der Waals surface area contributed by atoms with E-state index in [9.17, 15) is 4.91 Å². The number of hydrogen-bond acceptors (Lipinski definition) is 7. The maximum Gasteiger partial charge on any atom is 0.251 e. The molecule has 3 aromatic rings. The molecule has 7 heteroatoms. The van der Waals surface area contributed by atoms with Gasteiger partial charge in [0.05, 0.1) is 0 Å². The van der Waals surface area contributed by atoms with Crippen LogP contribution in [0.4, 0.5) is 17.5 Å². The fraction of sp³-hybridized carbons (Fsp3) is 0.111. The van der Waals surface area contributed by atoms with Crippen molar-refractivity contribution >= 4 is 17.5 Å². The van der Waals surface area contributed by atoms with Crippen LogP contribution in [-0.2, 0) is 13.2 Å². The molecule has 0 unspecified atom stereocenters. The van der Waals surface area contributed by atoms with Gasteiger partial charge < -0.3 is 15.8 Å². The molecule has 126 valence electrons. The van der Waals surface area contributed by atoms with Crippen LogP contribution >= 0.6 is 0 Å². The summed E-state index contributed by atoms with van der Waals surface area (Å²) in [4.78, 5) is 19.3. The van der Waals surface area contributed by atoms with E-state index >= 15 is 0 Å². The quantitative estimate of drug-likeness (QED) is 0.639. The second kappa shape index (κ2) is 7.87. The van der Waals surface area contributed by atoms with Crippen LogP contribution in [0.3, 0.4) is 0 Å². The van der Waals surface area contributed by atoms with Gasteiger partial charge in [0.15, 0.2) is 5.82 Å². The standard InChI is InChI=1S/C18H17N5O2/c19-18-21-16(20-11-13-7-3-1-4-8-13)15(23-24)17(22-18)25-12-14-9-5-2-6-10-14/h1-10H,11-12H2,(H3,19,20,21,22). The molecule has 0 bridgehead atoms. The van der Waals surface area contributed by atoms with E-state index in [0.29, 0.717) is 6.54 Å². The Kier molecular flexibility index (Phi) is 5.16. The number of benzene rings is 2. The van der Waals surface area contributed by atoms with E-state index in [1.807, 2.05) is 60.7 Å². The van der Waals surface area contributed by atoms with Crippen molar-refractivity contribution < 1.29 is 4.74 Å². The molecule has 0 aliphatic heterocycles. The lowest BCUT2D eigenvalue weighted by molar-refractivity contribution is 0.295. The molecule has 0 radical (unpaired) electrons. The fourth-order valence-corrected chi connectivity index (χ4v) is 2.26. The Labute approximate surface area is 144 Å². The van der Waals surface area contributed by atoms with Crippen molar-refractivity contribution in [2.75, 3.05) is 11.1 Å². The van der Waals surface area contributed by atoms with Crippen LogP contribution in [0, 0.1) is 4.91 Å². The molecule has 3 rings (SSSR count). The number of nitrogens with one attached hydrogen (secondary N) is 1. The first-order chi connectivity index (χ1) is 12.3. The van der Waals surface area contributed by atoms with Gasteiger partial charge in [0.1, 0.15) is 6.61 Å². The molecule has 0 aliphatic carbocycles. The summed E-state index contributed by atoms with van der Waals surface area (Å²) in [6, 6.07) is 19.2. The fourth-order valence-electron chi connectivity index (χ4n) is 2.26. The lowest BCUT2D eigenvalue weighted by atomic mass is 10.2. The second-order valence-corrected chi connectivity index (χ2v) is 5.29. The van der Waals surface area contributed by atoms with Crippen LogP contribution in [-0.4, -0.2) is 9.97 Å². The number of rotatable bonds is 7. The molecule has 0 aliphatic rings. The predicted molar refractivity (Wildman–Crippen MR) is 96.4 cm³/mol. The largest absolute Gasteiger partial charge is 0.471 e. The minimum absolute atomic E-state index is 0.000984. The summed E-state index contributed by atoms with van der Waals surface area (Å²) in [5.74, 6) is 0.308. The van der Waals surface area contributed by atoms with Crippen LogP contribution in [0.5, 0.6) is 5.88 Å². The van der Waals surface area contributed by atoms with Crippen molar-refractivity contribution in [3.05, 3.63) is 76.7 Å². The monoisotopic (exact) mass is 335 g/mol. The highest BCUT2D eigenvalue weighted by Gasteiger charge is 2.16. The molecule has 0 saturated heterocycles.